The van der Waals surface area contributed by atoms with E-state index in [2.05, 4.69) is 0 Å². The molecule has 3 aromatic rings. The highest BCUT2D eigenvalue weighted by atomic mass is 14.7. The lowest BCUT2D eigenvalue weighted by Gasteiger charge is -2.13. The van der Waals surface area contributed by atoms with Crippen molar-refractivity contribution in [3.8, 4) is 11.1 Å². The fourth-order valence-corrected chi connectivity index (χ4v) is 2.55. The van der Waals surface area contributed by atoms with Crippen molar-refractivity contribution in [3.05, 3.63) is 90.0 Å². The van der Waals surface area contributed by atoms with E-state index < -0.39 is 0 Å². The van der Waals surface area contributed by atoms with E-state index >= 15 is 0 Å². The molecule has 0 radical (unpaired) electrons. The molecule has 3 aromatic carbocycles. The van der Waals surface area contributed by atoms with Crippen LogP contribution >= 0.6 is 0 Å². The number of nitrogen functional groups attached to an aromatic ring is 1. The molecule has 0 aliphatic rings. The van der Waals surface area contributed by atoms with Crippen molar-refractivity contribution in [3.63, 3.8) is 0 Å². The maximum atomic E-state index is 6.37. The summed E-state index contributed by atoms with van der Waals surface area (Å²) in [7, 11) is 0. The summed E-state index contributed by atoms with van der Waals surface area (Å²) in [5.41, 5.74) is 24.2. The van der Waals surface area contributed by atoms with Gasteiger partial charge in [0.05, 0.1) is 11.4 Å². The van der Waals surface area contributed by atoms with Crippen LogP contribution in [0.15, 0.2) is 78.9 Å². The summed E-state index contributed by atoms with van der Waals surface area (Å²) in [6, 6.07) is 25.4. The second-order valence-electron chi connectivity index (χ2n) is 5.36. The molecular weight excluding hydrogens is 282 g/mol. The molecule has 0 amide bonds. The Bertz CT molecular complexity index is 834. The van der Waals surface area contributed by atoms with E-state index in [-0.39, 0.29) is 0 Å². The highest BCUT2D eigenvalue weighted by molar-refractivity contribution is 5.92. The van der Waals surface area contributed by atoms with Gasteiger partial charge in [0.25, 0.3) is 0 Å². The van der Waals surface area contributed by atoms with E-state index in [1.54, 1.807) is 0 Å². The maximum Gasteiger partial charge on any atom is 0.0633 e. The smallest absolute Gasteiger partial charge is 0.0633 e. The summed E-state index contributed by atoms with van der Waals surface area (Å²) in [5.74, 6) is 0. The van der Waals surface area contributed by atoms with Gasteiger partial charge < -0.3 is 17.2 Å². The molecule has 3 rings (SSSR count). The van der Waals surface area contributed by atoms with Crippen molar-refractivity contribution in [2.24, 2.45) is 11.5 Å². The Morgan fingerprint density at radius 2 is 1.22 bits per heavy atom. The molecule has 6 N–H and O–H groups in total. The molecule has 0 aromatic heterocycles. The molecule has 0 heterocycles. The van der Waals surface area contributed by atoms with Gasteiger partial charge in [0, 0.05) is 11.3 Å². The molecule has 23 heavy (non-hydrogen) atoms. The highest BCUT2D eigenvalue weighted by Gasteiger charge is 2.10. The van der Waals surface area contributed by atoms with Crippen LogP contribution in [0.1, 0.15) is 11.1 Å². The Morgan fingerprint density at radius 1 is 0.609 bits per heavy atom. The molecule has 114 valence electrons. The lowest BCUT2D eigenvalue weighted by molar-refractivity contribution is 1.44. The SMILES string of the molecule is NC(=C(N)c1ccccc1-c1ccc(N)cc1)c1ccccc1. The first-order valence-corrected chi connectivity index (χ1v) is 7.43. The molecule has 0 atom stereocenters. The van der Waals surface area contributed by atoms with Crippen LogP contribution in [-0.2, 0) is 0 Å². The van der Waals surface area contributed by atoms with Crippen molar-refractivity contribution in [1.29, 1.82) is 0 Å². The van der Waals surface area contributed by atoms with Crippen LogP contribution in [0.3, 0.4) is 0 Å². The van der Waals surface area contributed by atoms with Crippen LogP contribution in [0.2, 0.25) is 0 Å². The van der Waals surface area contributed by atoms with Gasteiger partial charge in [-0.25, -0.2) is 0 Å². The Morgan fingerprint density at radius 3 is 1.91 bits per heavy atom. The van der Waals surface area contributed by atoms with Crippen LogP contribution < -0.4 is 17.2 Å². The lowest BCUT2D eigenvalue weighted by Crippen LogP contribution is -2.08. The van der Waals surface area contributed by atoms with Crippen molar-refractivity contribution in [2.45, 2.75) is 0 Å². The average molecular weight is 301 g/mol. The Labute approximate surface area is 136 Å². The number of anilines is 1. The second-order valence-corrected chi connectivity index (χ2v) is 5.36. The fourth-order valence-electron chi connectivity index (χ4n) is 2.55. The zero-order chi connectivity index (χ0) is 16.2. The van der Waals surface area contributed by atoms with E-state index in [1.165, 1.54) is 0 Å². The van der Waals surface area contributed by atoms with Crippen LogP contribution in [-0.4, -0.2) is 0 Å². The second kappa shape index (κ2) is 6.28. The topological polar surface area (TPSA) is 78.1 Å². The van der Waals surface area contributed by atoms with Gasteiger partial charge in [0.1, 0.15) is 0 Å². The van der Waals surface area contributed by atoms with Crippen molar-refractivity contribution < 1.29 is 0 Å². The Balaban J connectivity index is 2.12. The van der Waals surface area contributed by atoms with Crippen molar-refractivity contribution >= 4 is 17.1 Å². The van der Waals surface area contributed by atoms with E-state index in [1.807, 2.05) is 78.9 Å². The minimum absolute atomic E-state index is 0.573. The summed E-state index contributed by atoms with van der Waals surface area (Å²) in [6.07, 6.45) is 0. The molecule has 0 saturated carbocycles. The molecule has 0 saturated heterocycles. The van der Waals surface area contributed by atoms with Gasteiger partial charge in [0.2, 0.25) is 0 Å². The van der Waals surface area contributed by atoms with Crippen LogP contribution in [0, 0.1) is 0 Å². The van der Waals surface area contributed by atoms with Crippen LogP contribution in [0.5, 0.6) is 0 Å². The number of hydrogen-bond donors (Lipinski definition) is 3. The fraction of sp³-hybridized carbons (Fsp3) is 0. The van der Waals surface area contributed by atoms with E-state index in [9.17, 15) is 0 Å². The molecule has 0 aliphatic carbocycles. The van der Waals surface area contributed by atoms with Gasteiger partial charge in [-0.1, -0.05) is 66.7 Å². The van der Waals surface area contributed by atoms with Crippen molar-refractivity contribution in [1.82, 2.24) is 0 Å². The zero-order valence-corrected chi connectivity index (χ0v) is 12.7. The number of benzene rings is 3. The van der Waals surface area contributed by atoms with E-state index in [0.717, 1.165) is 27.9 Å². The summed E-state index contributed by atoms with van der Waals surface area (Å²) in [5, 5.41) is 0. The van der Waals surface area contributed by atoms with E-state index in [4.69, 9.17) is 17.2 Å². The predicted molar refractivity (Wildman–Crippen MR) is 97.9 cm³/mol. The summed E-state index contributed by atoms with van der Waals surface area (Å²) < 4.78 is 0. The standard InChI is InChI=1S/C20H19N3/c21-16-12-10-14(11-13-16)17-8-4-5-9-18(17)20(23)19(22)15-6-2-1-3-7-15/h1-13H,21-23H2. The van der Waals surface area contributed by atoms with Gasteiger partial charge >= 0.3 is 0 Å². The van der Waals surface area contributed by atoms with Crippen molar-refractivity contribution in [2.75, 3.05) is 5.73 Å². The molecule has 3 heteroatoms. The minimum Gasteiger partial charge on any atom is -0.399 e. The largest absolute Gasteiger partial charge is 0.399 e. The Kier molecular flexibility index (Phi) is 4.02. The quantitative estimate of drug-likeness (QED) is 0.510. The van der Waals surface area contributed by atoms with Gasteiger partial charge in [-0.15, -0.1) is 0 Å². The number of rotatable bonds is 3. The molecule has 0 unspecified atom stereocenters. The first kappa shape index (κ1) is 14.7. The lowest BCUT2D eigenvalue weighted by atomic mass is 9.96. The zero-order valence-electron chi connectivity index (χ0n) is 12.7. The number of nitrogens with two attached hydrogens (primary N) is 3. The molecule has 0 bridgehead atoms. The molecule has 0 fully saturated rings. The predicted octanol–water partition coefficient (Wildman–Crippen LogP) is 3.68. The first-order chi connectivity index (χ1) is 11.2. The van der Waals surface area contributed by atoms with E-state index in [0.29, 0.717) is 11.4 Å². The molecule has 3 nitrogen and oxygen atoms in total. The third-order valence-corrected chi connectivity index (χ3v) is 3.81. The van der Waals surface area contributed by atoms with Crippen LogP contribution in [0.25, 0.3) is 22.5 Å². The van der Waals surface area contributed by atoms with Gasteiger partial charge in [-0.3, -0.25) is 0 Å². The van der Waals surface area contributed by atoms with Crippen LogP contribution in [0.4, 0.5) is 5.69 Å². The summed E-state index contributed by atoms with van der Waals surface area (Å²) >= 11 is 0. The maximum absolute atomic E-state index is 6.37. The average Bonchev–Trinajstić information content (AvgIpc) is 2.62. The van der Waals surface area contributed by atoms with Gasteiger partial charge in [-0.2, -0.15) is 0 Å². The highest BCUT2D eigenvalue weighted by Crippen LogP contribution is 2.29. The summed E-state index contributed by atoms with van der Waals surface area (Å²) in [6.45, 7) is 0. The molecule has 0 spiro atoms. The van der Waals surface area contributed by atoms with Gasteiger partial charge in [-0.05, 0) is 28.8 Å². The molecular formula is C20H19N3. The minimum atomic E-state index is 0.573. The Hall–Kier alpha value is -3.20. The van der Waals surface area contributed by atoms with Gasteiger partial charge in [0.15, 0.2) is 0 Å². The monoisotopic (exact) mass is 301 g/mol. The third-order valence-electron chi connectivity index (χ3n) is 3.81. The summed E-state index contributed by atoms with van der Waals surface area (Å²) in [4.78, 5) is 0. The first-order valence-electron chi connectivity index (χ1n) is 7.43. The third kappa shape index (κ3) is 3.04. The normalized spacial score (nSPS) is 11.8. The molecule has 0 aliphatic heterocycles. The number of hydrogen-bond acceptors (Lipinski definition) is 3.